The predicted molar refractivity (Wildman–Crippen MR) is 59.3 cm³/mol. The average molecular weight is 193 g/mol. The van der Waals surface area contributed by atoms with E-state index in [1.165, 1.54) is 0 Å². The van der Waals surface area contributed by atoms with Crippen LogP contribution in [0.2, 0.25) is 0 Å². The first-order valence-electron chi connectivity index (χ1n) is 5.14. The summed E-state index contributed by atoms with van der Waals surface area (Å²) in [5.74, 6) is 2.44. The van der Waals surface area contributed by atoms with Crippen LogP contribution >= 0.6 is 0 Å². The standard InChI is InChI=1S/C11H19N3/c1-8(2)7-9(3)13-11-5-6-12-10(4)14-11/h5-6,8-9H,7H2,1-4H3,(H,12,13,14). The second-order valence-corrected chi connectivity index (χ2v) is 4.16. The van der Waals surface area contributed by atoms with Gasteiger partial charge in [0.05, 0.1) is 0 Å². The molecule has 1 N–H and O–H groups in total. The first-order chi connectivity index (χ1) is 6.58. The van der Waals surface area contributed by atoms with E-state index in [9.17, 15) is 0 Å². The number of hydrogen-bond acceptors (Lipinski definition) is 3. The molecule has 0 fully saturated rings. The lowest BCUT2D eigenvalue weighted by molar-refractivity contribution is 0.538. The lowest BCUT2D eigenvalue weighted by atomic mass is 10.1. The lowest BCUT2D eigenvalue weighted by Gasteiger charge is -2.16. The molecule has 0 saturated carbocycles. The third-order valence-corrected chi connectivity index (χ3v) is 2.00. The van der Waals surface area contributed by atoms with E-state index in [0.717, 1.165) is 18.1 Å². The van der Waals surface area contributed by atoms with Crippen molar-refractivity contribution in [1.29, 1.82) is 0 Å². The van der Waals surface area contributed by atoms with Crippen LogP contribution in [-0.2, 0) is 0 Å². The fraction of sp³-hybridized carbons (Fsp3) is 0.636. The third kappa shape index (κ3) is 3.73. The maximum absolute atomic E-state index is 4.30. The Morgan fingerprint density at radius 2 is 2.07 bits per heavy atom. The van der Waals surface area contributed by atoms with Gasteiger partial charge in [0.2, 0.25) is 0 Å². The quantitative estimate of drug-likeness (QED) is 0.798. The summed E-state index contributed by atoms with van der Waals surface area (Å²) in [6.07, 6.45) is 2.94. The van der Waals surface area contributed by atoms with Crippen LogP contribution in [0, 0.1) is 12.8 Å². The van der Waals surface area contributed by atoms with Gasteiger partial charge in [0.25, 0.3) is 0 Å². The van der Waals surface area contributed by atoms with E-state index in [2.05, 4.69) is 36.1 Å². The number of nitrogens with one attached hydrogen (secondary N) is 1. The van der Waals surface area contributed by atoms with Gasteiger partial charge in [-0.05, 0) is 32.3 Å². The summed E-state index contributed by atoms with van der Waals surface area (Å²) < 4.78 is 0. The summed E-state index contributed by atoms with van der Waals surface area (Å²) in [6, 6.07) is 2.37. The van der Waals surface area contributed by atoms with Crippen LogP contribution < -0.4 is 5.32 Å². The van der Waals surface area contributed by atoms with Crippen molar-refractivity contribution in [2.45, 2.75) is 40.2 Å². The summed E-state index contributed by atoms with van der Waals surface area (Å²) in [7, 11) is 0. The Morgan fingerprint density at radius 3 is 2.64 bits per heavy atom. The third-order valence-electron chi connectivity index (χ3n) is 2.00. The van der Waals surface area contributed by atoms with Crippen LogP contribution in [0.15, 0.2) is 12.3 Å². The highest BCUT2D eigenvalue weighted by Crippen LogP contribution is 2.09. The monoisotopic (exact) mass is 193 g/mol. The maximum atomic E-state index is 4.30. The molecular weight excluding hydrogens is 174 g/mol. The molecule has 1 unspecified atom stereocenters. The Labute approximate surface area is 86.0 Å². The topological polar surface area (TPSA) is 37.8 Å². The molecule has 0 saturated heterocycles. The van der Waals surface area contributed by atoms with Crippen LogP contribution in [-0.4, -0.2) is 16.0 Å². The molecule has 0 amide bonds. The molecule has 1 atom stereocenters. The summed E-state index contributed by atoms with van der Waals surface area (Å²) in [6.45, 7) is 8.53. The van der Waals surface area contributed by atoms with Crippen molar-refractivity contribution in [1.82, 2.24) is 9.97 Å². The van der Waals surface area contributed by atoms with Crippen molar-refractivity contribution in [3.8, 4) is 0 Å². The Morgan fingerprint density at radius 1 is 1.36 bits per heavy atom. The Hall–Kier alpha value is -1.12. The molecular formula is C11H19N3. The first-order valence-corrected chi connectivity index (χ1v) is 5.14. The zero-order valence-corrected chi connectivity index (χ0v) is 9.41. The minimum Gasteiger partial charge on any atom is -0.368 e. The minimum absolute atomic E-state index is 0.462. The number of rotatable bonds is 4. The summed E-state index contributed by atoms with van der Waals surface area (Å²) in [4.78, 5) is 8.36. The van der Waals surface area contributed by atoms with Gasteiger partial charge in [-0.2, -0.15) is 0 Å². The fourth-order valence-electron chi connectivity index (χ4n) is 1.56. The molecule has 1 heterocycles. The SMILES string of the molecule is Cc1nccc(NC(C)CC(C)C)n1. The molecule has 0 aliphatic rings. The Kier molecular flexibility index (Phi) is 3.86. The zero-order chi connectivity index (χ0) is 10.6. The number of aryl methyl sites for hydroxylation is 1. The normalized spacial score (nSPS) is 12.9. The van der Waals surface area contributed by atoms with Crippen LogP contribution in [0.1, 0.15) is 33.0 Å². The van der Waals surface area contributed by atoms with E-state index in [0.29, 0.717) is 12.0 Å². The molecule has 0 bridgehead atoms. The molecule has 3 nitrogen and oxygen atoms in total. The van der Waals surface area contributed by atoms with Crippen LogP contribution in [0.4, 0.5) is 5.82 Å². The van der Waals surface area contributed by atoms with Gasteiger partial charge in [-0.25, -0.2) is 9.97 Å². The molecule has 78 valence electrons. The Bertz CT molecular complexity index is 284. The molecule has 1 aromatic rings. The van der Waals surface area contributed by atoms with Crippen molar-refractivity contribution in [2.75, 3.05) is 5.32 Å². The zero-order valence-electron chi connectivity index (χ0n) is 9.41. The van der Waals surface area contributed by atoms with Crippen molar-refractivity contribution in [2.24, 2.45) is 5.92 Å². The molecule has 0 spiro atoms. The van der Waals surface area contributed by atoms with Crippen molar-refractivity contribution >= 4 is 5.82 Å². The first kappa shape index (κ1) is 11.0. The number of anilines is 1. The van der Waals surface area contributed by atoms with Gasteiger partial charge in [0.1, 0.15) is 11.6 Å². The second-order valence-electron chi connectivity index (χ2n) is 4.16. The van der Waals surface area contributed by atoms with Gasteiger partial charge >= 0.3 is 0 Å². The molecule has 0 aliphatic heterocycles. The molecule has 0 aromatic carbocycles. The highest BCUT2D eigenvalue weighted by atomic mass is 15.0. The van der Waals surface area contributed by atoms with Crippen molar-refractivity contribution in [3.63, 3.8) is 0 Å². The summed E-state index contributed by atoms with van der Waals surface area (Å²) >= 11 is 0. The van der Waals surface area contributed by atoms with E-state index in [1.807, 2.05) is 13.0 Å². The van der Waals surface area contributed by atoms with Gasteiger partial charge in [-0.15, -0.1) is 0 Å². The van der Waals surface area contributed by atoms with Gasteiger partial charge in [-0.3, -0.25) is 0 Å². The van der Waals surface area contributed by atoms with E-state index in [1.54, 1.807) is 6.20 Å². The van der Waals surface area contributed by atoms with Crippen molar-refractivity contribution < 1.29 is 0 Å². The molecule has 0 aliphatic carbocycles. The molecule has 1 aromatic heterocycles. The number of hydrogen-bond donors (Lipinski definition) is 1. The highest BCUT2D eigenvalue weighted by Gasteiger charge is 2.05. The smallest absolute Gasteiger partial charge is 0.129 e. The number of aromatic nitrogens is 2. The van der Waals surface area contributed by atoms with Crippen LogP contribution in [0.25, 0.3) is 0 Å². The van der Waals surface area contributed by atoms with E-state index < -0.39 is 0 Å². The average Bonchev–Trinajstić information content (AvgIpc) is 2.01. The summed E-state index contributed by atoms with van der Waals surface area (Å²) in [5, 5.41) is 3.36. The van der Waals surface area contributed by atoms with E-state index >= 15 is 0 Å². The molecule has 3 heteroatoms. The lowest BCUT2D eigenvalue weighted by Crippen LogP contribution is -2.18. The van der Waals surface area contributed by atoms with Crippen LogP contribution in [0.5, 0.6) is 0 Å². The van der Waals surface area contributed by atoms with Gasteiger partial charge in [-0.1, -0.05) is 13.8 Å². The van der Waals surface area contributed by atoms with Crippen LogP contribution in [0.3, 0.4) is 0 Å². The molecule has 14 heavy (non-hydrogen) atoms. The predicted octanol–water partition coefficient (Wildman–Crippen LogP) is 2.63. The maximum Gasteiger partial charge on any atom is 0.129 e. The fourth-order valence-corrected chi connectivity index (χ4v) is 1.56. The minimum atomic E-state index is 0.462. The van der Waals surface area contributed by atoms with Crippen molar-refractivity contribution in [3.05, 3.63) is 18.1 Å². The molecule has 1 rings (SSSR count). The highest BCUT2D eigenvalue weighted by molar-refractivity contribution is 5.33. The summed E-state index contributed by atoms with van der Waals surface area (Å²) in [5.41, 5.74) is 0. The van der Waals surface area contributed by atoms with Gasteiger partial charge < -0.3 is 5.32 Å². The largest absolute Gasteiger partial charge is 0.368 e. The van der Waals surface area contributed by atoms with E-state index in [-0.39, 0.29) is 0 Å². The Balaban J connectivity index is 2.51. The second kappa shape index (κ2) is 4.94. The number of nitrogens with zero attached hydrogens (tertiary/aromatic N) is 2. The van der Waals surface area contributed by atoms with Gasteiger partial charge in [0, 0.05) is 12.2 Å². The molecule has 0 radical (unpaired) electrons. The van der Waals surface area contributed by atoms with E-state index in [4.69, 9.17) is 0 Å². The van der Waals surface area contributed by atoms with Gasteiger partial charge in [0.15, 0.2) is 0 Å².